The molecule has 1 aliphatic carbocycles. The summed E-state index contributed by atoms with van der Waals surface area (Å²) in [4.78, 5) is 14.5. The maximum Gasteiger partial charge on any atom is 0.238 e. The van der Waals surface area contributed by atoms with Crippen molar-refractivity contribution in [3.63, 3.8) is 0 Å². The lowest BCUT2D eigenvalue weighted by atomic mass is 10.1. The lowest BCUT2D eigenvalue weighted by Gasteiger charge is -2.24. The molecule has 4 heteroatoms. The molecule has 0 fully saturated rings. The van der Waals surface area contributed by atoms with E-state index in [-0.39, 0.29) is 5.91 Å². The van der Waals surface area contributed by atoms with Crippen molar-refractivity contribution in [3.05, 3.63) is 63.6 Å². The first-order valence-corrected chi connectivity index (χ1v) is 8.68. The van der Waals surface area contributed by atoms with Crippen LogP contribution in [0.25, 0.3) is 0 Å². The lowest BCUT2D eigenvalue weighted by molar-refractivity contribution is -0.117. The zero-order valence-corrected chi connectivity index (χ0v) is 15.1. The minimum absolute atomic E-state index is 0.0299. The Kier molecular flexibility index (Phi) is 4.83. The molecule has 0 aromatic heterocycles. The van der Waals surface area contributed by atoms with Crippen molar-refractivity contribution in [2.45, 2.75) is 25.8 Å². The van der Waals surface area contributed by atoms with Gasteiger partial charge in [0.25, 0.3) is 0 Å². The maximum atomic E-state index is 12.4. The van der Waals surface area contributed by atoms with Crippen LogP contribution >= 0.6 is 15.9 Å². The molecule has 0 saturated heterocycles. The predicted octanol–water partition coefficient (Wildman–Crippen LogP) is 4.32. The van der Waals surface area contributed by atoms with E-state index in [9.17, 15) is 4.79 Å². The number of halogens is 1. The largest absolute Gasteiger partial charge is 0.325 e. The van der Waals surface area contributed by atoms with Crippen LogP contribution in [0.15, 0.2) is 46.9 Å². The lowest BCUT2D eigenvalue weighted by Crippen LogP contribution is -2.32. The number of nitrogens with zero attached hydrogens (tertiary/aromatic N) is 1. The number of benzene rings is 2. The van der Waals surface area contributed by atoms with E-state index in [4.69, 9.17) is 0 Å². The molecule has 1 N–H and O–H groups in total. The summed E-state index contributed by atoms with van der Waals surface area (Å²) in [5.74, 6) is 0.0299. The Labute approximate surface area is 145 Å². The first kappa shape index (κ1) is 16.2. The minimum Gasteiger partial charge on any atom is -0.325 e. The second-order valence-corrected chi connectivity index (χ2v) is 7.09. The van der Waals surface area contributed by atoms with Gasteiger partial charge in [-0.1, -0.05) is 40.2 Å². The van der Waals surface area contributed by atoms with Crippen LogP contribution in [0.1, 0.15) is 29.2 Å². The van der Waals surface area contributed by atoms with Gasteiger partial charge in [0.2, 0.25) is 5.91 Å². The first-order valence-electron chi connectivity index (χ1n) is 7.88. The molecule has 0 radical (unpaired) electrons. The van der Waals surface area contributed by atoms with E-state index in [1.807, 2.05) is 32.2 Å². The number of carbonyl (C=O) groups is 1. The monoisotopic (exact) mass is 372 g/mol. The number of fused-ring (bicyclic) bond motifs is 1. The van der Waals surface area contributed by atoms with E-state index < -0.39 is 0 Å². The van der Waals surface area contributed by atoms with Crippen LogP contribution in [0.4, 0.5) is 5.69 Å². The van der Waals surface area contributed by atoms with Gasteiger partial charge < -0.3 is 5.32 Å². The smallest absolute Gasteiger partial charge is 0.238 e. The second kappa shape index (κ2) is 6.85. The maximum absolute atomic E-state index is 12.4. The van der Waals surface area contributed by atoms with E-state index in [2.05, 4.69) is 50.4 Å². The van der Waals surface area contributed by atoms with Crippen LogP contribution in [0.5, 0.6) is 0 Å². The molecular weight excluding hydrogens is 352 g/mol. The fraction of sp³-hybridized carbons (Fsp3) is 0.316. The Bertz CT molecular complexity index is 729. The molecule has 0 aliphatic heterocycles. The van der Waals surface area contributed by atoms with Crippen LogP contribution in [-0.4, -0.2) is 24.4 Å². The quantitative estimate of drug-likeness (QED) is 0.866. The topological polar surface area (TPSA) is 32.3 Å². The molecule has 1 amide bonds. The van der Waals surface area contributed by atoms with Crippen molar-refractivity contribution in [1.29, 1.82) is 0 Å². The zero-order valence-electron chi connectivity index (χ0n) is 13.5. The van der Waals surface area contributed by atoms with E-state index in [0.29, 0.717) is 12.6 Å². The highest BCUT2D eigenvalue weighted by atomic mass is 79.9. The number of carbonyl (C=O) groups excluding carboxylic acids is 1. The molecule has 0 heterocycles. The van der Waals surface area contributed by atoms with Gasteiger partial charge in [0.15, 0.2) is 0 Å². The SMILES string of the molecule is Cc1cc(Br)ccc1NC(=O)CN(C)C1CCc2ccccc21. The van der Waals surface area contributed by atoms with Gasteiger partial charge in [-0.2, -0.15) is 0 Å². The van der Waals surface area contributed by atoms with Crippen molar-refractivity contribution in [3.8, 4) is 0 Å². The van der Waals surface area contributed by atoms with E-state index in [1.165, 1.54) is 11.1 Å². The van der Waals surface area contributed by atoms with Crippen LogP contribution in [0, 0.1) is 6.92 Å². The van der Waals surface area contributed by atoms with Crippen LogP contribution in [-0.2, 0) is 11.2 Å². The average molecular weight is 373 g/mol. The normalized spacial score (nSPS) is 16.4. The van der Waals surface area contributed by atoms with Crippen molar-refractivity contribution in [2.75, 3.05) is 18.9 Å². The number of anilines is 1. The van der Waals surface area contributed by atoms with Gasteiger partial charge in [0, 0.05) is 16.2 Å². The number of rotatable bonds is 4. The Morgan fingerprint density at radius 3 is 2.87 bits per heavy atom. The first-order chi connectivity index (χ1) is 11.0. The van der Waals surface area contributed by atoms with Gasteiger partial charge >= 0.3 is 0 Å². The summed E-state index contributed by atoms with van der Waals surface area (Å²) in [5, 5.41) is 3.01. The fourth-order valence-electron chi connectivity index (χ4n) is 3.29. The molecule has 1 aliphatic rings. The summed E-state index contributed by atoms with van der Waals surface area (Å²) >= 11 is 3.44. The molecule has 1 unspecified atom stereocenters. The molecule has 2 aromatic carbocycles. The summed E-state index contributed by atoms with van der Waals surface area (Å²) < 4.78 is 1.02. The molecule has 2 aromatic rings. The van der Waals surface area contributed by atoms with Crippen LogP contribution in [0.2, 0.25) is 0 Å². The summed E-state index contributed by atoms with van der Waals surface area (Å²) in [7, 11) is 2.03. The molecule has 3 rings (SSSR count). The summed E-state index contributed by atoms with van der Waals surface area (Å²) in [6.45, 7) is 2.39. The van der Waals surface area contributed by atoms with E-state index in [1.54, 1.807) is 0 Å². The van der Waals surface area contributed by atoms with Gasteiger partial charge in [-0.25, -0.2) is 0 Å². The number of hydrogen-bond acceptors (Lipinski definition) is 2. The van der Waals surface area contributed by atoms with Crippen molar-refractivity contribution in [2.24, 2.45) is 0 Å². The molecule has 3 nitrogen and oxygen atoms in total. The third-order valence-corrected chi connectivity index (χ3v) is 4.98. The van der Waals surface area contributed by atoms with Crippen molar-refractivity contribution in [1.82, 2.24) is 4.90 Å². The Morgan fingerprint density at radius 1 is 1.30 bits per heavy atom. The summed E-state index contributed by atoms with van der Waals surface area (Å²) in [6, 6.07) is 14.8. The third-order valence-electron chi connectivity index (χ3n) is 4.49. The summed E-state index contributed by atoms with van der Waals surface area (Å²) in [6.07, 6.45) is 2.18. The highest BCUT2D eigenvalue weighted by Gasteiger charge is 2.26. The Hall–Kier alpha value is -1.65. The number of likely N-dealkylation sites (N-methyl/N-ethyl adjacent to an activating group) is 1. The van der Waals surface area contributed by atoms with E-state index in [0.717, 1.165) is 28.6 Å². The predicted molar refractivity (Wildman–Crippen MR) is 97.6 cm³/mol. The number of aryl methyl sites for hydroxylation is 2. The third kappa shape index (κ3) is 3.65. The zero-order chi connectivity index (χ0) is 16.4. The van der Waals surface area contributed by atoms with Crippen molar-refractivity contribution < 1.29 is 4.79 Å². The molecular formula is C19H21BrN2O. The van der Waals surface area contributed by atoms with Crippen molar-refractivity contribution >= 4 is 27.5 Å². The number of hydrogen-bond donors (Lipinski definition) is 1. The van der Waals surface area contributed by atoms with Gasteiger partial charge in [0.05, 0.1) is 6.54 Å². The van der Waals surface area contributed by atoms with Gasteiger partial charge in [-0.15, -0.1) is 0 Å². The standard InChI is InChI=1S/C19H21BrN2O/c1-13-11-15(20)8-9-17(13)21-19(23)12-22(2)18-10-7-14-5-3-4-6-16(14)18/h3-6,8-9,11,18H,7,10,12H2,1-2H3,(H,21,23). The second-order valence-electron chi connectivity index (χ2n) is 6.18. The highest BCUT2D eigenvalue weighted by molar-refractivity contribution is 9.10. The number of nitrogens with one attached hydrogen (secondary N) is 1. The van der Waals surface area contributed by atoms with Gasteiger partial charge in [0.1, 0.15) is 0 Å². The van der Waals surface area contributed by atoms with E-state index >= 15 is 0 Å². The highest BCUT2D eigenvalue weighted by Crippen LogP contribution is 2.34. The Morgan fingerprint density at radius 2 is 2.09 bits per heavy atom. The molecule has 120 valence electrons. The summed E-state index contributed by atoms with van der Waals surface area (Å²) in [5.41, 5.74) is 4.70. The molecule has 0 bridgehead atoms. The van der Waals surface area contributed by atoms with Crippen LogP contribution < -0.4 is 5.32 Å². The van der Waals surface area contributed by atoms with Gasteiger partial charge in [-0.3, -0.25) is 9.69 Å². The number of amides is 1. The molecule has 0 spiro atoms. The molecule has 1 atom stereocenters. The molecule has 0 saturated carbocycles. The van der Waals surface area contributed by atoms with Crippen LogP contribution in [0.3, 0.4) is 0 Å². The average Bonchev–Trinajstić information content (AvgIpc) is 2.94. The molecule has 23 heavy (non-hydrogen) atoms. The van der Waals surface area contributed by atoms with Gasteiger partial charge in [-0.05, 0) is 61.7 Å². The minimum atomic E-state index is 0.0299. The fourth-order valence-corrected chi connectivity index (χ4v) is 3.76. The Balaban J connectivity index is 1.64.